The molecule has 0 bridgehead atoms. The molecule has 0 rings (SSSR count). The van der Waals surface area contributed by atoms with Crippen LogP contribution in [0.1, 0.15) is 26.2 Å². The zero-order valence-electron chi connectivity index (χ0n) is 5.18. The monoisotopic (exact) mass is 240 g/mol. The van der Waals surface area contributed by atoms with Crippen molar-refractivity contribution in [1.29, 1.82) is 0 Å². The summed E-state index contributed by atoms with van der Waals surface area (Å²) in [5.74, 6) is -0.693. The average molecular weight is 239 g/mol. The molecule has 0 saturated heterocycles. The predicted molar refractivity (Wildman–Crippen MR) is 32.9 cm³/mol. The summed E-state index contributed by atoms with van der Waals surface area (Å²) >= 11 is 0. The maximum absolute atomic E-state index is 9.76. The molecule has 0 aromatic carbocycles. The summed E-state index contributed by atoms with van der Waals surface area (Å²) in [7, 11) is 0. The molecule has 0 saturated carbocycles. The number of rotatable bonds is 3. The van der Waals surface area contributed by atoms with Gasteiger partial charge in [0.15, 0.2) is 0 Å². The summed E-state index contributed by atoms with van der Waals surface area (Å²) in [5.41, 5.74) is 0. The van der Waals surface area contributed by atoms with Gasteiger partial charge in [-0.25, -0.2) is 0 Å². The van der Waals surface area contributed by atoms with E-state index in [4.69, 9.17) is 5.11 Å². The van der Waals surface area contributed by atoms with Gasteiger partial charge in [0.1, 0.15) is 0 Å². The Morgan fingerprint density at radius 1 is 1.62 bits per heavy atom. The van der Waals surface area contributed by atoms with E-state index >= 15 is 0 Å². The molecule has 0 unspecified atom stereocenters. The number of unbranched alkanes of at least 4 members (excludes halogenated alkanes) is 1. The van der Waals surface area contributed by atoms with E-state index in [1.54, 1.807) is 0 Å². The van der Waals surface area contributed by atoms with E-state index in [2.05, 4.69) is 0 Å². The van der Waals surface area contributed by atoms with Crippen molar-refractivity contribution < 1.29 is 9.90 Å². The van der Waals surface area contributed by atoms with E-state index in [1.807, 2.05) is 6.92 Å². The molecule has 1 N–H and O–H groups in total. The Bertz CT molecular complexity index is 63.4. The largest absolute Gasteiger partial charge is 0.481 e. The minimum Gasteiger partial charge on any atom is -0.481 e. The molecule has 0 fully saturated rings. The van der Waals surface area contributed by atoms with Gasteiger partial charge in [-0.2, -0.15) is 0 Å². The second-order valence-corrected chi connectivity index (χ2v) is 1.50. The van der Waals surface area contributed by atoms with E-state index in [0.29, 0.717) is 6.42 Å². The SMILES string of the molecule is CCCCC(=O)O.[Ba]. The molecule has 0 aliphatic carbocycles. The Balaban J connectivity index is 0. The van der Waals surface area contributed by atoms with Gasteiger partial charge in [-0.1, -0.05) is 13.3 Å². The normalized spacial score (nSPS) is 7.62. The molecule has 0 heterocycles. The smallest absolute Gasteiger partial charge is 0.303 e. The summed E-state index contributed by atoms with van der Waals surface area (Å²) in [4.78, 5) is 9.76. The van der Waals surface area contributed by atoms with Crippen LogP contribution in [0.4, 0.5) is 0 Å². The van der Waals surface area contributed by atoms with Crippen LogP contribution in [0.5, 0.6) is 0 Å². The summed E-state index contributed by atoms with van der Waals surface area (Å²) < 4.78 is 0. The second kappa shape index (κ2) is 8.04. The molecule has 0 aliphatic heterocycles. The number of carbonyl (C=O) groups is 1. The Hall–Kier alpha value is 1.04. The summed E-state index contributed by atoms with van der Waals surface area (Å²) in [6, 6.07) is 0. The Morgan fingerprint density at radius 3 is 2.25 bits per heavy atom. The van der Waals surface area contributed by atoms with Crippen molar-refractivity contribution in [3.05, 3.63) is 0 Å². The molecular formula is C5H10BaO2. The fourth-order valence-electron chi connectivity index (χ4n) is 0.328. The van der Waals surface area contributed by atoms with Gasteiger partial charge in [0.2, 0.25) is 0 Å². The van der Waals surface area contributed by atoms with Gasteiger partial charge in [-0.3, -0.25) is 4.79 Å². The van der Waals surface area contributed by atoms with Crippen LogP contribution in [0, 0.1) is 0 Å². The van der Waals surface area contributed by atoms with Gasteiger partial charge in [0.05, 0.1) is 0 Å². The van der Waals surface area contributed by atoms with Gasteiger partial charge in [0.25, 0.3) is 0 Å². The van der Waals surface area contributed by atoms with Crippen molar-refractivity contribution in [2.24, 2.45) is 0 Å². The molecule has 8 heavy (non-hydrogen) atoms. The van der Waals surface area contributed by atoms with Gasteiger partial charge >= 0.3 is 5.97 Å². The van der Waals surface area contributed by atoms with Crippen LogP contribution in [-0.4, -0.2) is 60.0 Å². The van der Waals surface area contributed by atoms with Crippen molar-refractivity contribution in [3.63, 3.8) is 0 Å². The average Bonchev–Trinajstić information content (AvgIpc) is 1.61. The fraction of sp³-hybridized carbons (Fsp3) is 0.800. The van der Waals surface area contributed by atoms with Gasteiger partial charge in [-0.15, -0.1) is 0 Å². The van der Waals surface area contributed by atoms with Crippen molar-refractivity contribution in [1.82, 2.24) is 0 Å². The minimum absolute atomic E-state index is 0. The van der Waals surface area contributed by atoms with Gasteiger partial charge in [-0.05, 0) is 6.42 Å². The molecule has 0 atom stereocenters. The van der Waals surface area contributed by atoms with E-state index in [1.165, 1.54) is 0 Å². The Kier molecular flexibility index (Phi) is 11.9. The number of carboxylic acid groups (broad SMARTS) is 1. The number of hydrogen-bond donors (Lipinski definition) is 1. The van der Waals surface area contributed by atoms with Crippen molar-refractivity contribution in [3.8, 4) is 0 Å². The van der Waals surface area contributed by atoms with Crippen LogP contribution in [0.3, 0.4) is 0 Å². The van der Waals surface area contributed by atoms with Crippen LogP contribution in [-0.2, 0) is 4.79 Å². The summed E-state index contributed by atoms with van der Waals surface area (Å²) in [6.07, 6.45) is 2.08. The van der Waals surface area contributed by atoms with E-state index in [0.717, 1.165) is 12.8 Å². The van der Waals surface area contributed by atoms with Crippen LogP contribution >= 0.6 is 0 Å². The Morgan fingerprint density at radius 2 is 2.12 bits per heavy atom. The van der Waals surface area contributed by atoms with Gasteiger partial charge < -0.3 is 5.11 Å². The zero-order chi connectivity index (χ0) is 5.70. The molecule has 44 valence electrons. The van der Waals surface area contributed by atoms with Crippen LogP contribution in [0.15, 0.2) is 0 Å². The molecule has 2 radical (unpaired) electrons. The van der Waals surface area contributed by atoms with Crippen LogP contribution < -0.4 is 0 Å². The number of hydrogen-bond acceptors (Lipinski definition) is 1. The summed E-state index contributed by atoms with van der Waals surface area (Å²) in [6.45, 7) is 1.98. The minimum atomic E-state index is -0.693. The standard InChI is InChI=1S/C5H10O2.Ba/c1-2-3-4-5(6)7;/h2-4H2,1H3,(H,6,7);. The van der Waals surface area contributed by atoms with E-state index < -0.39 is 5.97 Å². The molecule has 0 aliphatic rings. The Labute approximate surface area is 89.7 Å². The topological polar surface area (TPSA) is 37.3 Å². The third kappa shape index (κ3) is 10.1. The van der Waals surface area contributed by atoms with E-state index in [9.17, 15) is 4.79 Å². The van der Waals surface area contributed by atoms with Crippen molar-refractivity contribution in [2.45, 2.75) is 26.2 Å². The maximum atomic E-state index is 9.76. The first-order valence-corrected chi connectivity index (χ1v) is 2.49. The fourth-order valence-corrected chi connectivity index (χ4v) is 0.328. The molecule has 0 spiro atoms. The third-order valence-corrected chi connectivity index (χ3v) is 0.744. The van der Waals surface area contributed by atoms with Crippen molar-refractivity contribution >= 4 is 54.9 Å². The first kappa shape index (κ1) is 11.8. The first-order valence-electron chi connectivity index (χ1n) is 2.49. The van der Waals surface area contributed by atoms with Crippen LogP contribution in [0.25, 0.3) is 0 Å². The first-order chi connectivity index (χ1) is 3.27. The zero-order valence-corrected chi connectivity index (χ0v) is 9.62. The quantitative estimate of drug-likeness (QED) is 0.743. The summed E-state index contributed by atoms with van der Waals surface area (Å²) in [5, 5.41) is 8.04. The maximum Gasteiger partial charge on any atom is 0.303 e. The number of carboxylic acids is 1. The van der Waals surface area contributed by atoms with Crippen molar-refractivity contribution in [2.75, 3.05) is 0 Å². The molecule has 0 aromatic heterocycles. The molecule has 0 aromatic rings. The predicted octanol–water partition coefficient (Wildman–Crippen LogP) is 0.880. The second-order valence-electron chi connectivity index (χ2n) is 1.50. The molecule has 0 amide bonds. The van der Waals surface area contributed by atoms with Gasteiger partial charge in [0, 0.05) is 55.3 Å². The third-order valence-electron chi connectivity index (χ3n) is 0.744. The molecule has 3 heteroatoms. The number of aliphatic carboxylic acids is 1. The van der Waals surface area contributed by atoms with Crippen LogP contribution in [0.2, 0.25) is 0 Å². The molecular weight excluding hydrogens is 229 g/mol. The van der Waals surface area contributed by atoms with E-state index in [-0.39, 0.29) is 48.9 Å². The molecule has 2 nitrogen and oxygen atoms in total.